The summed E-state index contributed by atoms with van der Waals surface area (Å²) >= 11 is 6.11. The van der Waals surface area contributed by atoms with Crippen molar-refractivity contribution >= 4 is 44.8 Å². The first kappa shape index (κ1) is 22.9. The molecular formula is C20H24ClN3O4S. The molecule has 156 valence electrons. The number of carbonyl (C=O) groups is 2. The number of halogens is 1. The van der Waals surface area contributed by atoms with Gasteiger partial charge in [-0.1, -0.05) is 25.4 Å². The van der Waals surface area contributed by atoms with E-state index in [9.17, 15) is 18.0 Å². The lowest BCUT2D eigenvalue weighted by Gasteiger charge is -2.19. The molecule has 0 unspecified atom stereocenters. The SMILES string of the molecule is CCN(CC)S(=O)(=O)c1cc(C(=O)Nc2ccc(N(C)C(C)=O)cc2)ccc1Cl. The van der Waals surface area contributed by atoms with Crippen LogP contribution < -0.4 is 10.2 Å². The van der Waals surface area contributed by atoms with Crippen molar-refractivity contribution in [3.8, 4) is 0 Å². The van der Waals surface area contributed by atoms with Gasteiger partial charge in [0, 0.05) is 44.0 Å². The van der Waals surface area contributed by atoms with Crippen LogP contribution in [0.3, 0.4) is 0 Å². The van der Waals surface area contributed by atoms with E-state index in [2.05, 4.69) is 5.32 Å². The molecular weight excluding hydrogens is 414 g/mol. The fourth-order valence-electron chi connectivity index (χ4n) is 2.70. The second-order valence-corrected chi connectivity index (χ2v) is 8.63. The maximum Gasteiger partial charge on any atom is 0.255 e. The lowest BCUT2D eigenvalue weighted by Crippen LogP contribution is -2.31. The van der Waals surface area contributed by atoms with Gasteiger partial charge in [0.25, 0.3) is 5.91 Å². The molecule has 2 amide bonds. The highest BCUT2D eigenvalue weighted by molar-refractivity contribution is 7.89. The molecule has 0 aliphatic carbocycles. The minimum Gasteiger partial charge on any atom is -0.322 e. The minimum atomic E-state index is -3.80. The zero-order chi connectivity index (χ0) is 21.8. The van der Waals surface area contributed by atoms with Gasteiger partial charge in [0.1, 0.15) is 4.90 Å². The van der Waals surface area contributed by atoms with E-state index in [-0.39, 0.29) is 21.4 Å². The van der Waals surface area contributed by atoms with Crippen LogP contribution in [0.1, 0.15) is 31.1 Å². The summed E-state index contributed by atoms with van der Waals surface area (Å²) in [5, 5.41) is 2.78. The van der Waals surface area contributed by atoms with Crippen molar-refractivity contribution in [2.45, 2.75) is 25.7 Å². The third kappa shape index (κ3) is 5.14. The summed E-state index contributed by atoms with van der Waals surface area (Å²) in [4.78, 5) is 25.4. The number of rotatable bonds is 7. The van der Waals surface area contributed by atoms with E-state index in [0.29, 0.717) is 24.5 Å². The Balaban J connectivity index is 2.27. The zero-order valence-corrected chi connectivity index (χ0v) is 18.3. The van der Waals surface area contributed by atoms with Crippen molar-refractivity contribution in [1.29, 1.82) is 0 Å². The molecule has 0 aliphatic rings. The van der Waals surface area contributed by atoms with Crippen LogP contribution in [0.2, 0.25) is 5.02 Å². The standard InChI is InChI=1S/C20H24ClN3O4S/c1-5-24(6-2)29(27,28)19-13-15(7-12-18(19)21)20(26)22-16-8-10-17(11-9-16)23(4)14(3)25/h7-13H,5-6H2,1-4H3,(H,22,26). The third-order valence-electron chi connectivity index (χ3n) is 4.50. The van der Waals surface area contributed by atoms with Crippen molar-refractivity contribution in [1.82, 2.24) is 4.31 Å². The summed E-state index contributed by atoms with van der Waals surface area (Å²) in [5.74, 6) is -0.574. The molecule has 9 heteroatoms. The van der Waals surface area contributed by atoms with E-state index >= 15 is 0 Å². The Bertz CT molecular complexity index is 1000. The van der Waals surface area contributed by atoms with Gasteiger partial charge in [0.05, 0.1) is 5.02 Å². The topological polar surface area (TPSA) is 86.8 Å². The summed E-state index contributed by atoms with van der Waals surface area (Å²) in [5.41, 5.74) is 1.37. The lowest BCUT2D eigenvalue weighted by atomic mass is 10.2. The molecule has 1 N–H and O–H groups in total. The molecule has 7 nitrogen and oxygen atoms in total. The number of hydrogen-bond acceptors (Lipinski definition) is 4. The number of anilines is 2. The van der Waals surface area contributed by atoms with Crippen LogP contribution in [0.4, 0.5) is 11.4 Å². The summed E-state index contributed by atoms with van der Waals surface area (Å²) < 4.78 is 26.8. The van der Waals surface area contributed by atoms with Crippen LogP contribution in [0, 0.1) is 0 Å². The predicted octanol–water partition coefficient (Wildman–Crippen LogP) is 3.61. The van der Waals surface area contributed by atoms with Crippen LogP contribution in [0.25, 0.3) is 0 Å². The van der Waals surface area contributed by atoms with Gasteiger partial charge >= 0.3 is 0 Å². The average Bonchev–Trinajstić information content (AvgIpc) is 2.68. The molecule has 0 spiro atoms. The first-order valence-electron chi connectivity index (χ1n) is 9.07. The Morgan fingerprint density at radius 2 is 1.62 bits per heavy atom. The number of amides is 2. The second-order valence-electron chi connectivity index (χ2n) is 6.31. The van der Waals surface area contributed by atoms with Crippen molar-refractivity contribution in [3.63, 3.8) is 0 Å². The largest absolute Gasteiger partial charge is 0.322 e. The first-order valence-corrected chi connectivity index (χ1v) is 10.9. The van der Waals surface area contributed by atoms with E-state index in [1.54, 1.807) is 45.2 Å². The first-order chi connectivity index (χ1) is 13.6. The summed E-state index contributed by atoms with van der Waals surface area (Å²) in [6.07, 6.45) is 0. The van der Waals surface area contributed by atoms with Gasteiger partial charge in [-0.05, 0) is 42.5 Å². The summed E-state index contributed by atoms with van der Waals surface area (Å²) in [7, 11) is -2.15. The number of carbonyl (C=O) groups excluding carboxylic acids is 2. The predicted molar refractivity (Wildman–Crippen MR) is 115 cm³/mol. The summed E-state index contributed by atoms with van der Waals surface area (Å²) in [6.45, 7) is 5.52. The van der Waals surface area contributed by atoms with Crippen molar-refractivity contribution < 1.29 is 18.0 Å². The van der Waals surface area contributed by atoms with E-state index in [1.807, 2.05) is 0 Å². The number of sulfonamides is 1. The fourth-order valence-corrected chi connectivity index (χ4v) is 4.66. The van der Waals surface area contributed by atoms with E-state index in [0.717, 1.165) is 0 Å². The van der Waals surface area contributed by atoms with Crippen LogP contribution in [-0.2, 0) is 14.8 Å². The molecule has 0 radical (unpaired) electrons. The third-order valence-corrected chi connectivity index (χ3v) is 7.03. The number of benzene rings is 2. The van der Waals surface area contributed by atoms with Gasteiger partial charge in [-0.15, -0.1) is 0 Å². The van der Waals surface area contributed by atoms with Crippen LogP contribution in [-0.4, -0.2) is 44.7 Å². The number of hydrogen-bond donors (Lipinski definition) is 1. The van der Waals surface area contributed by atoms with E-state index < -0.39 is 15.9 Å². The Morgan fingerprint density at radius 1 is 1.03 bits per heavy atom. The van der Waals surface area contributed by atoms with Crippen molar-refractivity contribution in [3.05, 3.63) is 53.1 Å². The van der Waals surface area contributed by atoms with E-state index in [4.69, 9.17) is 11.6 Å². The maximum absolute atomic E-state index is 12.8. The molecule has 0 atom stereocenters. The Kier molecular flexibility index (Phi) is 7.40. The van der Waals surface area contributed by atoms with Crippen LogP contribution in [0.5, 0.6) is 0 Å². The molecule has 0 saturated carbocycles. The Morgan fingerprint density at radius 3 is 2.14 bits per heavy atom. The molecule has 0 fully saturated rings. The molecule has 0 heterocycles. The monoisotopic (exact) mass is 437 g/mol. The highest BCUT2D eigenvalue weighted by Crippen LogP contribution is 2.26. The fraction of sp³-hybridized carbons (Fsp3) is 0.300. The van der Waals surface area contributed by atoms with E-state index in [1.165, 1.54) is 34.3 Å². The van der Waals surface area contributed by atoms with Gasteiger partial charge in [0.15, 0.2) is 0 Å². The van der Waals surface area contributed by atoms with Crippen LogP contribution >= 0.6 is 11.6 Å². The maximum atomic E-state index is 12.8. The van der Waals surface area contributed by atoms with Gasteiger partial charge < -0.3 is 10.2 Å². The molecule has 2 aromatic carbocycles. The minimum absolute atomic E-state index is 0.0603. The molecule has 0 aliphatic heterocycles. The molecule has 0 aromatic heterocycles. The normalized spacial score (nSPS) is 11.4. The van der Waals surface area contributed by atoms with Gasteiger partial charge in [-0.3, -0.25) is 9.59 Å². The molecule has 0 bridgehead atoms. The zero-order valence-electron chi connectivity index (χ0n) is 16.8. The van der Waals surface area contributed by atoms with Crippen molar-refractivity contribution in [2.75, 3.05) is 30.4 Å². The molecule has 2 rings (SSSR count). The second kappa shape index (κ2) is 9.39. The highest BCUT2D eigenvalue weighted by atomic mass is 35.5. The summed E-state index contributed by atoms with van der Waals surface area (Å²) in [6, 6.07) is 10.9. The van der Waals surface area contributed by atoms with Gasteiger partial charge in [-0.2, -0.15) is 4.31 Å². The smallest absolute Gasteiger partial charge is 0.255 e. The van der Waals surface area contributed by atoms with Crippen LogP contribution in [0.15, 0.2) is 47.4 Å². The number of nitrogens with zero attached hydrogens (tertiary/aromatic N) is 2. The highest BCUT2D eigenvalue weighted by Gasteiger charge is 2.25. The molecule has 2 aromatic rings. The Labute approximate surface area is 176 Å². The quantitative estimate of drug-likeness (QED) is 0.716. The number of nitrogens with one attached hydrogen (secondary N) is 1. The van der Waals surface area contributed by atoms with Gasteiger partial charge in [-0.25, -0.2) is 8.42 Å². The molecule has 29 heavy (non-hydrogen) atoms. The lowest BCUT2D eigenvalue weighted by molar-refractivity contribution is -0.116. The van der Waals surface area contributed by atoms with Gasteiger partial charge in [0.2, 0.25) is 15.9 Å². The van der Waals surface area contributed by atoms with Crippen molar-refractivity contribution in [2.24, 2.45) is 0 Å². The average molecular weight is 438 g/mol. The Hall–Kier alpha value is -2.42. The molecule has 0 saturated heterocycles.